The van der Waals surface area contributed by atoms with Gasteiger partial charge >= 0.3 is 5.97 Å². The Hall–Kier alpha value is -3.92. The number of rotatable bonds is 7. The first-order valence-corrected chi connectivity index (χ1v) is 10.4. The number of carbonyl (C=O) groups excluding carboxylic acids is 1. The number of nitrogens with one attached hydrogen (secondary N) is 1. The third-order valence-corrected chi connectivity index (χ3v) is 4.62. The lowest BCUT2D eigenvalue weighted by Crippen LogP contribution is -2.33. The van der Waals surface area contributed by atoms with E-state index in [0.29, 0.717) is 23.4 Å². The number of hydrogen-bond donors (Lipinski definition) is 1. The Labute approximate surface area is 187 Å². The first kappa shape index (κ1) is 22.8. The Morgan fingerprint density at radius 3 is 2.44 bits per heavy atom. The van der Waals surface area contributed by atoms with E-state index >= 15 is 0 Å². The smallest absolute Gasteiger partial charge is 0.326 e. The van der Waals surface area contributed by atoms with Crippen molar-refractivity contribution in [1.29, 1.82) is 5.26 Å². The van der Waals surface area contributed by atoms with Crippen LogP contribution in [-0.2, 0) is 22.5 Å². The van der Waals surface area contributed by atoms with Crippen LogP contribution in [0.3, 0.4) is 0 Å². The summed E-state index contributed by atoms with van der Waals surface area (Å²) in [5.74, 6) is -0.349. The fraction of sp³-hybridized carbons (Fsp3) is 0.280. The summed E-state index contributed by atoms with van der Waals surface area (Å²) in [5.41, 5.74) is 1.71. The number of esters is 1. The minimum absolute atomic E-state index is 0.168. The predicted octanol–water partition coefficient (Wildman–Crippen LogP) is 3.78. The molecule has 7 heteroatoms. The Bertz CT molecular complexity index is 1170. The Kier molecular flexibility index (Phi) is 7.06. The van der Waals surface area contributed by atoms with Gasteiger partial charge in [-0.1, -0.05) is 42.5 Å². The summed E-state index contributed by atoms with van der Waals surface area (Å²) in [5, 5.41) is 12.1. The molecule has 164 valence electrons. The second-order valence-corrected chi connectivity index (χ2v) is 8.32. The van der Waals surface area contributed by atoms with Crippen LogP contribution in [0.4, 0.5) is 5.82 Å². The molecule has 0 unspecified atom stereocenters. The van der Waals surface area contributed by atoms with Crippen molar-refractivity contribution in [3.05, 3.63) is 82.3 Å². The van der Waals surface area contributed by atoms with Gasteiger partial charge in [-0.15, -0.1) is 0 Å². The molecule has 0 radical (unpaired) electrons. The van der Waals surface area contributed by atoms with Gasteiger partial charge in [-0.05, 0) is 50.5 Å². The van der Waals surface area contributed by atoms with Crippen LogP contribution in [0.25, 0.3) is 11.3 Å². The summed E-state index contributed by atoms with van der Waals surface area (Å²) < 4.78 is 6.77. The van der Waals surface area contributed by atoms with Crippen molar-refractivity contribution in [3.63, 3.8) is 0 Å². The first-order chi connectivity index (χ1) is 15.3. The first-order valence-electron chi connectivity index (χ1n) is 10.4. The van der Waals surface area contributed by atoms with Crippen LogP contribution in [0.5, 0.6) is 0 Å². The van der Waals surface area contributed by atoms with Gasteiger partial charge < -0.3 is 10.1 Å². The third kappa shape index (κ3) is 6.05. The number of benzene rings is 2. The molecule has 1 aromatic heterocycles. The summed E-state index contributed by atoms with van der Waals surface area (Å²) >= 11 is 0. The number of anilines is 1. The van der Waals surface area contributed by atoms with E-state index in [-0.39, 0.29) is 12.4 Å². The lowest BCUT2D eigenvalue weighted by Gasteiger charge is -2.21. The van der Waals surface area contributed by atoms with Crippen molar-refractivity contribution < 1.29 is 9.53 Å². The number of carbonyl (C=O) groups is 1. The minimum atomic E-state index is -0.668. The van der Waals surface area contributed by atoms with Gasteiger partial charge in [0.15, 0.2) is 5.82 Å². The molecule has 7 nitrogen and oxygen atoms in total. The zero-order valence-corrected chi connectivity index (χ0v) is 18.5. The maximum absolute atomic E-state index is 13.2. The monoisotopic (exact) mass is 430 g/mol. The second-order valence-electron chi connectivity index (χ2n) is 8.32. The van der Waals surface area contributed by atoms with Crippen molar-refractivity contribution in [2.75, 3.05) is 11.9 Å². The highest BCUT2D eigenvalue weighted by atomic mass is 16.6. The van der Waals surface area contributed by atoms with Gasteiger partial charge in [0.05, 0.1) is 23.5 Å². The maximum Gasteiger partial charge on any atom is 0.326 e. The topological polar surface area (TPSA) is 97.0 Å². The molecule has 3 aromatic rings. The van der Waals surface area contributed by atoms with E-state index in [2.05, 4.69) is 16.4 Å². The summed E-state index contributed by atoms with van der Waals surface area (Å²) in [6.45, 7) is 5.60. The van der Waals surface area contributed by atoms with Crippen LogP contribution < -0.4 is 10.9 Å². The SMILES string of the molecule is CC(C)(C)OC(=O)Cn1c(-c2ccc(C#N)cc2)cnc(NCCc2ccccc2)c1=O. The highest BCUT2D eigenvalue weighted by molar-refractivity contribution is 5.71. The molecule has 0 spiro atoms. The highest BCUT2D eigenvalue weighted by Crippen LogP contribution is 2.19. The average Bonchev–Trinajstić information content (AvgIpc) is 2.76. The number of nitrogens with zero attached hydrogens (tertiary/aromatic N) is 3. The fourth-order valence-electron chi connectivity index (χ4n) is 3.18. The van der Waals surface area contributed by atoms with Crippen molar-refractivity contribution in [2.45, 2.75) is 39.3 Å². The largest absolute Gasteiger partial charge is 0.459 e. The summed E-state index contributed by atoms with van der Waals surface area (Å²) in [6, 6.07) is 18.8. The molecule has 0 saturated heterocycles. The number of hydrogen-bond acceptors (Lipinski definition) is 6. The molecular formula is C25H26N4O3. The van der Waals surface area contributed by atoms with Crippen molar-refractivity contribution in [2.24, 2.45) is 0 Å². The Balaban J connectivity index is 1.90. The molecule has 1 heterocycles. The summed E-state index contributed by atoms with van der Waals surface area (Å²) in [4.78, 5) is 30.0. The average molecular weight is 431 g/mol. The van der Waals surface area contributed by atoms with Crippen LogP contribution in [0, 0.1) is 11.3 Å². The molecule has 1 N–H and O–H groups in total. The summed E-state index contributed by atoms with van der Waals surface area (Å²) in [6.07, 6.45) is 2.28. The van der Waals surface area contributed by atoms with Crippen LogP contribution in [0.1, 0.15) is 31.9 Å². The molecule has 0 amide bonds. The molecule has 0 aliphatic heterocycles. The minimum Gasteiger partial charge on any atom is -0.459 e. The number of nitriles is 1. The van der Waals surface area contributed by atoms with Crippen molar-refractivity contribution >= 4 is 11.8 Å². The van der Waals surface area contributed by atoms with Gasteiger partial charge in [0.25, 0.3) is 5.56 Å². The van der Waals surface area contributed by atoms with Crippen molar-refractivity contribution in [1.82, 2.24) is 9.55 Å². The van der Waals surface area contributed by atoms with E-state index in [9.17, 15) is 9.59 Å². The van der Waals surface area contributed by atoms with Crippen LogP contribution in [0.2, 0.25) is 0 Å². The fourth-order valence-corrected chi connectivity index (χ4v) is 3.18. The molecule has 0 aliphatic carbocycles. The number of aromatic nitrogens is 2. The molecule has 0 bridgehead atoms. The normalized spacial score (nSPS) is 10.9. The summed E-state index contributed by atoms with van der Waals surface area (Å²) in [7, 11) is 0. The Morgan fingerprint density at radius 2 is 1.81 bits per heavy atom. The van der Waals surface area contributed by atoms with E-state index < -0.39 is 17.1 Å². The van der Waals surface area contributed by atoms with Crippen LogP contribution in [-0.4, -0.2) is 27.7 Å². The molecule has 2 aromatic carbocycles. The molecule has 0 fully saturated rings. The van der Waals surface area contributed by atoms with Crippen LogP contribution in [0.15, 0.2) is 65.6 Å². The van der Waals surface area contributed by atoms with E-state index in [1.807, 2.05) is 30.3 Å². The van der Waals surface area contributed by atoms with Crippen LogP contribution >= 0.6 is 0 Å². The molecule has 0 aliphatic rings. The second kappa shape index (κ2) is 9.92. The third-order valence-electron chi connectivity index (χ3n) is 4.62. The van der Waals surface area contributed by atoms with Gasteiger partial charge in [0.2, 0.25) is 0 Å². The lowest BCUT2D eigenvalue weighted by molar-refractivity contribution is -0.155. The van der Waals surface area contributed by atoms with E-state index in [4.69, 9.17) is 10.00 Å². The molecular weight excluding hydrogens is 404 g/mol. The molecule has 0 atom stereocenters. The molecule has 3 rings (SSSR count). The van der Waals surface area contributed by atoms with E-state index in [1.54, 1.807) is 51.2 Å². The maximum atomic E-state index is 13.2. The number of ether oxygens (including phenoxy) is 1. The van der Waals surface area contributed by atoms with Gasteiger partial charge in [0.1, 0.15) is 12.1 Å². The van der Waals surface area contributed by atoms with Gasteiger partial charge in [0, 0.05) is 6.54 Å². The van der Waals surface area contributed by atoms with Gasteiger partial charge in [-0.25, -0.2) is 4.98 Å². The lowest BCUT2D eigenvalue weighted by atomic mass is 10.1. The van der Waals surface area contributed by atoms with Crippen molar-refractivity contribution in [3.8, 4) is 17.3 Å². The molecule has 32 heavy (non-hydrogen) atoms. The van der Waals surface area contributed by atoms with E-state index in [1.165, 1.54) is 4.57 Å². The zero-order chi connectivity index (χ0) is 23.1. The zero-order valence-electron chi connectivity index (χ0n) is 18.5. The van der Waals surface area contributed by atoms with Gasteiger partial charge in [-0.3, -0.25) is 14.2 Å². The van der Waals surface area contributed by atoms with E-state index in [0.717, 1.165) is 12.0 Å². The standard InChI is InChI=1S/C25H26N4O3/c1-25(2,3)32-22(30)17-29-21(20-11-9-19(15-26)10-12-20)16-28-23(24(29)31)27-14-13-18-7-5-4-6-8-18/h4-12,16H,13-14,17H2,1-3H3,(H,27,28). The molecule has 0 saturated carbocycles. The quantitative estimate of drug-likeness (QED) is 0.573. The Morgan fingerprint density at radius 1 is 1.12 bits per heavy atom. The highest BCUT2D eigenvalue weighted by Gasteiger charge is 2.20. The predicted molar refractivity (Wildman–Crippen MR) is 123 cm³/mol. The van der Waals surface area contributed by atoms with Gasteiger partial charge in [-0.2, -0.15) is 5.26 Å².